The Kier molecular flexibility index (Phi) is 4.83. The van der Waals surface area contributed by atoms with E-state index in [0.29, 0.717) is 6.42 Å². The first-order chi connectivity index (χ1) is 9.40. The number of hydrogen-bond donors (Lipinski definition) is 1. The lowest BCUT2D eigenvalue weighted by atomic mass is 9.93. The molecule has 0 amide bonds. The highest BCUT2D eigenvalue weighted by atomic mass is 32.2. The maximum Gasteiger partial charge on any atom is 0.218 e. The fourth-order valence-corrected chi connectivity index (χ4v) is 4.19. The smallest absolute Gasteiger partial charge is 0.218 e. The summed E-state index contributed by atoms with van der Waals surface area (Å²) in [5.41, 5.74) is 1.90. The number of aliphatic hydroxyl groups excluding tert-OH is 1. The van der Waals surface area contributed by atoms with Crippen molar-refractivity contribution in [2.45, 2.75) is 50.5 Å². The summed E-state index contributed by atoms with van der Waals surface area (Å²) >= 11 is 0. The van der Waals surface area contributed by atoms with Gasteiger partial charge in [-0.3, -0.25) is 0 Å². The van der Waals surface area contributed by atoms with Crippen molar-refractivity contribution in [1.82, 2.24) is 4.31 Å². The van der Waals surface area contributed by atoms with E-state index in [0.717, 1.165) is 30.4 Å². The molecule has 0 saturated heterocycles. The molecule has 112 valence electrons. The number of aryl methyl sites for hydroxylation is 1. The standard InChI is InChI=1S/C15H23NO3S/c1-12-7-9-13(10-8-12)11-20(18,19)16(2)14-5-3-4-6-15(14)17/h7-10,14-15,17H,3-6,11H2,1-2H3/t14-,15-/m1/s1. The SMILES string of the molecule is Cc1ccc(CS(=O)(=O)N(C)[C@@H]2CCCC[C@H]2O)cc1. The Labute approximate surface area is 121 Å². The zero-order valence-corrected chi connectivity index (χ0v) is 12.9. The van der Waals surface area contributed by atoms with Crippen molar-refractivity contribution in [1.29, 1.82) is 0 Å². The van der Waals surface area contributed by atoms with Crippen molar-refractivity contribution in [3.63, 3.8) is 0 Å². The molecule has 0 radical (unpaired) electrons. The minimum atomic E-state index is -3.39. The maximum absolute atomic E-state index is 12.4. The predicted molar refractivity (Wildman–Crippen MR) is 79.8 cm³/mol. The molecular weight excluding hydrogens is 274 g/mol. The van der Waals surface area contributed by atoms with Gasteiger partial charge in [-0.25, -0.2) is 8.42 Å². The lowest BCUT2D eigenvalue weighted by Gasteiger charge is -2.34. The van der Waals surface area contributed by atoms with Crippen LogP contribution in [0.5, 0.6) is 0 Å². The van der Waals surface area contributed by atoms with Gasteiger partial charge in [-0.05, 0) is 25.3 Å². The molecule has 2 atom stereocenters. The van der Waals surface area contributed by atoms with Crippen LogP contribution >= 0.6 is 0 Å². The molecular formula is C15H23NO3S. The minimum Gasteiger partial charge on any atom is -0.391 e. The molecule has 1 N–H and O–H groups in total. The van der Waals surface area contributed by atoms with Crippen molar-refractivity contribution in [3.05, 3.63) is 35.4 Å². The Hall–Kier alpha value is -0.910. The van der Waals surface area contributed by atoms with Crippen LogP contribution in [-0.4, -0.2) is 37.0 Å². The minimum absolute atomic E-state index is 0.00694. The summed E-state index contributed by atoms with van der Waals surface area (Å²) in [6.07, 6.45) is 2.84. The molecule has 1 fully saturated rings. The lowest BCUT2D eigenvalue weighted by Crippen LogP contribution is -2.46. The van der Waals surface area contributed by atoms with Gasteiger partial charge >= 0.3 is 0 Å². The molecule has 1 saturated carbocycles. The Morgan fingerprint density at radius 3 is 2.40 bits per heavy atom. The fraction of sp³-hybridized carbons (Fsp3) is 0.600. The van der Waals surface area contributed by atoms with Crippen molar-refractivity contribution < 1.29 is 13.5 Å². The van der Waals surface area contributed by atoms with E-state index < -0.39 is 16.1 Å². The molecule has 5 heteroatoms. The Balaban J connectivity index is 2.10. The Morgan fingerprint density at radius 1 is 1.20 bits per heavy atom. The van der Waals surface area contributed by atoms with Gasteiger partial charge in [-0.15, -0.1) is 0 Å². The van der Waals surface area contributed by atoms with Gasteiger partial charge in [0.25, 0.3) is 0 Å². The normalized spacial score (nSPS) is 24.0. The number of hydrogen-bond acceptors (Lipinski definition) is 3. The van der Waals surface area contributed by atoms with Gasteiger partial charge < -0.3 is 5.11 Å². The summed E-state index contributed by atoms with van der Waals surface area (Å²) < 4.78 is 26.3. The molecule has 0 unspecified atom stereocenters. The lowest BCUT2D eigenvalue weighted by molar-refractivity contribution is 0.0637. The van der Waals surface area contributed by atoms with E-state index in [9.17, 15) is 13.5 Å². The van der Waals surface area contributed by atoms with Crippen LogP contribution < -0.4 is 0 Å². The van der Waals surface area contributed by atoms with E-state index in [1.165, 1.54) is 4.31 Å². The molecule has 0 heterocycles. The van der Waals surface area contributed by atoms with Gasteiger partial charge in [0, 0.05) is 7.05 Å². The molecule has 1 aromatic carbocycles. The number of sulfonamides is 1. The van der Waals surface area contributed by atoms with Gasteiger partial charge in [-0.1, -0.05) is 42.7 Å². The van der Waals surface area contributed by atoms with Gasteiger partial charge in [0.2, 0.25) is 10.0 Å². The summed E-state index contributed by atoms with van der Waals surface area (Å²) in [5, 5.41) is 10.00. The predicted octanol–water partition coefficient (Wildman–Crippen LogP) is 2.06. The van der Waals surface area contributed by atoms with Crippen LogP contribution in [0.4, 0.5) is 0 Å². The molecule has 0 spiro atoms. The second-order valence-electron chi connectivity index (χ2n) is 5.68. The summed E-state index contributed by atoms with van der Waals surface area (Å²) in [6.45, 7) is 1.97. The van der Waals surface area contributed by atoms with Crippen molar-refractivity contribution >= 4 is 10.0 Å². The van der Waals surface area contributed by atoms with Gasteiger partial charge in [0.05, 0.1) is 17.9 Å². The number of nitrogens with zero attached hydrogens (tertiary/aromatic N) is 1. The zero-order valence-electron chi connectivity index (χ0n) is 12.1. The van der Waals surface area contributed by atoms with E-state index >= 15 is 0 Å². The van der Waals surface area contributed by atoms with Crippen molar-refractivity contribution in [2.75, 3.05) is 7.05 Å². The molecule has 20 heavy (non-hydrogen) atoms. The van der Waals surface area contributed by atoms with Crippen LogP contribution in [-0.2, 0) is 15.8 Å². The fourth-order valence-electron chi connectivity index (χ4n) is 2.72. The first-order valence-corrected chi connectivity index (χ1v) is 8.70. The van der Waals surface area contributed by atoms with Crippen LogP contribution in [0, 0.1) is 6.92 Å². The van der Waals surface area contributed by atoms with Gasteiger partial charge in [0.15, 0.2) is 0 Å². The molecule has 1 aromatic rings. The summed E-state index contributed by atoms with van der Waals surface area (Å²) in [7, 11) is -1.80. The number of aliphatic hydroxyl groups is 1. The highest BCUT2D eigenvalue weighted by Crippen LogP contribution is 2.25. The highest BCUT2D eigenvalue weighted by Gasteiger charge is 2.33. The summed E-state index contributed by atoms with van der Waals surface area (Å²) in [4.78, 5) is 0. The molecule has 1 aliphatic rings. The third kappa shape index (κ3) is 3.59. The first kappa shape index (κ1) is 15.5. The van der Waals surface area contributed by atoms with Crippen molar-refractivity contribution in [3.8, 4) is 0 Å². The quantitative estimate of drug-likeness (QED) is 0.925. The van der Waals surface area contributed by atoms with Crippen LogP contribution in [0.25, 0.3) is 0 Å². The van der Waals surface area contributed by atoms with Gasteiger partial charge in [-0.2, -0.15) is 4.31 Å². The number of likely N-dealkylation sites (N-methyl/N-ethyl adjacent to an activating group) is 1. The van der Waals surface area contributed by atoms with E-state index in [-0.39, 0.29) is 11.8 Å². The Morgan fingerprint density at radius 2 is 1.80 bits per heavy atom. The van der Waals surface area contributed by atoms with Crippen LogP contribution in [0.2, 0.25) is 0 Å². The van der Waals surface area contributed by atoms with E-state index in [4.69, 9.17) is 0 Å². The zero-order chi connectivity index (χ0) is 14.8. The number of rotatable bonds is 4. The van der Waals surface area contributed by atoms with Crippen LogP contribution in [0.15, 0.2) is 24.3 Å². The third-order valence-electron chi connectivity index (χ3n) is 4.07. The third-order valence-corrected chi connectivity index (χ3v) is 5.92. The molecule has 1 aliphatic carbocycles. The van der Waals surface area contributed by atoms with E-state index in [1.54, 1.807) is 7.05 Å². The summed E-state index contributed by atoms with van der Waals surface area (Å²) in [5.74, 6) is -0.00694. The topological polar surface area (TPSA) is 57.6 Å². The average molecular weight is 297 g/mol. The van der Waals surface area contributed by atoms with E-state index in [1.807, 2.05) is 31.2 Å². The second kappa shape index (κ2) is 6.24. The molecule has 0 aromatic heterocycles. The Bertz CT molecular complexity index is 539. The van der Waals surface area contributed by atoms with Gasteiger partial charge in [0.1, 0.15) is 0 Å². The largest absolute Gasteiger partial charge is 0.391 e. The van der Waals surface area contributed by atoms with E-state index in [2.05, 4.69) is 0 Å². The van der Waals surface area contributed by atoms with Crippen LogP contribution in [0.1, 0.15) is 36.8 Å². The highest BCUT2D eigenvalue weighted by molar-refractivity contribution is 7.88. The molecule has 0 bridgehead atoms. The molecule has 0 aliphatic heterocycles. The second-order valence-corrected chi connectivity index (χ2v) is 7.71. The average Bonchev–Trinajstić information content (AvgIpc) is 2.41. The molecule has 4 nitrogen and oxygen atoms in total. The maximum atomic E-state index is 12.4. The monoisotopic (exact) mass is 297 g/mol. The van der Waals surface area contributed by atoms with Crippen LogP contribution in [0.3, 0.4) is 0 Å². The number of benzene rings is 1. The first-order valence-electron chi connectivity index (χ1n) is 7.09. The molecule has 2 rings (SSSR count). The summed E-state index contributed by atoms with van der Waals surface area (Å²) in [6, 6.07) is 7.25. The van der Waals surface area contributed by atoms with Crippen molar-refractivity contribution in [2.24, 2.45) is 0 Å².